The molecule has 5 rings (SSSR count). The number of thiazole rings is 1. The van der Waals surface area contributed by atoms with Crippen molar-refractivity contribution in [3.8, 4) is 5.69 Å². The molecule has 0 aliphatic carbocycles. The fourth-order valence-electron chi connectivity index (χ4n) is 4.15. The minimum Gasteiger partial charge on any atom is -0.352 e. The topological polar surface area (TPSA) is 63.1 Å². The summed E-state index contributed by atoms with van der Waals surface area (Å²) in [6.07, 6.45) is 1.70. The van der Waals surface area contributed by atoms with Gasteiger partial charge in [0.25, 0.3) is 0 Å². The molecule has 4 aromatic rings. The van der Waals surface area contributed by atoms with Crippen LogP contribution in [0, 0.1) is 24.5 Å². The summed E-state index contributed by atoms with van der Waals surface area (Å²) in [6, 6.07) is 12.4. The van der Waals surface area contributed by atoms with Gasteiger partial charge in [-0.3, -0.25) is 4.79 Å². The number of aryl methyl sites for hydroxylation is 1. The average molecular weight is 468 g/mol. The molecular weight excluding hydrogens is 444 g/mol. The first-order valence-corrected chi connectivity index (χ1v) is 11.7. The number of halogens is 2. The van der Waals surface area contributed by atoms with Crippen molar-refractivity contribution in [2.24, 2.45) is 5.92 Å². The lowest BCUT2D eigenvalue weighted by Crippen LogP contribution is -2.43. The summed E-state index contributed by atoms with van der Waals surface area (Å²) in [5.74, 6) is -0.770. The monoisotopic (exact) mass is 467 g/mol. The fraction of sp³-hybridized carbons (Fsp3) is 0.292. The normalized spacial score (nSPS) is 16.3. The third-order valence-corrected chi connectivity index (χ3v) is 7.09. The van der Waals surface area contributed by atoms with E-state index in [1.807, 2.05) is 6.92 Å². The van der Waals surface area contributed by atoms with Gasteiger partial charge >= 0.3 is 0 Å². The molecule has 1 atom stereocenters. The summed E-state index contributed by atoms with van der Waals surface area (Å²) < 4.78 is 29.4. The number of rotatable bonds is 5. The molecule has 1 N–H and O–H groups in total. The van der Waals surface area contributed by atoms with E-state index in [1.54, 1.807) is 40.3 Å². The van der Waals surface area contributed by atoms with Gasteiger partial charge in [-0.15, -0.1) is 0 Å². The molecule has 3 heterocycles. The minimum absolute atomic E-state index is 0.00717. The molecule has 0 radical (unpaired) electrons. The van der Waals surface area contributed by atoms with E-state index in [9.17, 15) is 13.6 Å². The molecule has 2 aromatic carbocycles. The fourth-order valence-corrected chi connectivity index (χ4v) is 5.17. The van der Waals surface area contributed by atoms with Crippen molar-refractivity contribution < 1.29 is 13.6 Å². The van der Waals surface area contributed by atoms with Gasteiger partial charge in [0.15, 0.2) is 10.8 Å². The Kier molecular flexibility index (Phi) is 5.80. The van der Waals surface area contributed by atoms with Crippen molar-refractivity contribution in [3.63, 3.8) is 0 Å². The Morgan fingerprint density at radius 2 is 2.00 bits per heavy atom. The van der Waals surface area contributed by atoms with Crippen molar-refractivity contribution in [2.75, 3.05) is 18.0 Å². The number of nitrogens with one attached hydrogen (secondary N) is 1. The van der Waals surface area contributed by atoms with E-state index in [0.29, 0.717) is 24.4 Å². The van der Waals surface area contributed by atoms with E-state index in [0.717, 1.165) is 40.5 Å². The molecule has 170 valence electrons. The van der Waals surface area contributed by atoms with E-state index in [4.69, 9.17) is 4.98 Å². The standard InChI is InChI=1S/C24H23F2N5OS/c1-15-21-22(31(29-15)20-6-2-5-19(26)12-20)28-24(33-21)30-11-3-4-17(14-30)23(32)27-13-16-7-9-18(25)10-8-16/h2,5-10,12,17H,3-4,11,13-14H2,1H3,(H,27,32). The van der Waals surface area contributed by atoms with Crippen molar-refractivity contribution in [1.82, 2.24) is 20.1 Å². The number of hydrogen-bond acceptors (Lipinski definition) is 5. The number of benzene rings is 2. The van der Waals surface area contributed by atoms with Crippen LogP contribution in [-0.2, 0) is 11.3 Å². The molecule has 0 spiro atoms. The highest BCUT2D eigenvalue weighted by Crippen LogP contribution is 2.34. The van der Waals surface area contributed by atoms with Gasteiger partial charge in [0, 0.05) is 19.6 Å². The number of aromatic nitrogens is 3. The number of amides is 1. The Labute approximate surface area is 193 Å². The Morgan fingerprint density at radius 3 is 2.79 bits per heavy atom. The Hall–Kier alpha value is -3.33. The van der Waals surface area contributed by atoms with Gasteiger partial charge in [-0.1, -0.05) is 29.5 Å². The van der Waals surface area contributed by atoms with Crippen LogP contribution < -0.4 is 10.2 Å². The van der Waals surface area contributed by atoms with Crippen LogP contribution in [-0.4, -0.2) is 33.8 Å². The SMILES string of the molecule is Cc1nn(-c2cccc(F)c2)c2nc(N3CCCC(C(=O)NCc4ccc(F)cc4)C3)sc12. The quantitative estimate of drug-likeness (QED) is 0.466. The predicted molar refractivity (Wildman–Crippen MR) is 125 cm³/mol. The van der Waals surface area contributed by atoms with E-state index >= 15 is 0 Å². The zero-order chi connectivity index (χ0) is 22.9. The van der Waals surface area contributed by atoms with Crippen LogP contribution in [0.15, 0.2) is 48.5 Å². The summed E-state index contributed by atoms with van der Waals surface area (Å²) in [4.78, 5) is 19.7. The second-order valence-electron chi connectivity index (χ2n) is 8.26. The predicted octanol–water partition coefficient (Wildman–Crippen LogP) is 4.60. The van der Waals surface area contributed by atoms with Gasteiger partial charge in [-0.25, -0.2) is 13.5 Å². The van der Waals surface area contributed by atoms with Crippen molar-refractivity contribution >= 4 is 32.7 Å². The molecular formula is C24H23F2N5OS. The summed E-state index contributed by atoms with van der Waals surface area (Å²) in [5.41, 5.74) is 3.02. The number of fused-ring (bicyclic) bond motifs is 1. The van der Waals surface area contributed by atoms with Crippen LogP contribution in [0.1, 0.15) is 24.1 Å². The third kappa shape index (κ3) is 4.45. The summed E-state index contributed by atoms with van der Waals surface area (Å²) >= 11 is 1.55. The van der Waals surface area contributed by atoms with E-state index < -0.39 is 0 Å². The lowest BCUT2D eigenvalue weighted by atomic mass is 9.97. The second-order valence-corrected chi connectivity index (χ2v) is 9.23. The van der Waals surface area contributed by atoms with Crippen LogP contribution >= 0.6 is 11.3 Å². The highest BCUT2D eigenvalue weighted by molar-refractivity contribution is 7.22. The number of hydrogen-bond donors (Lipinski definition) is 1. The van der Waals surface area contributed by atoms with Gasteiger partial charge in [0.2, 0.25) is 5.91 Å². The number of anilines is 1. The summed E-state index contributed by atoms with van der Waals surface area (Å²) in [5, 5.41) is 8.35. The second kappa shape index (κ2) is 8.90. The van der Waals surface area contributed by atoms with Crippen molar-refractivity contribution in [3.05, 3.63) is 71.4 Å². The van der Waals surface area contributed by atoms with Gasteiger partial charge in [-0.2, -0.15) is 10.1 Å². The van der Waals surface area contributed by atoms with Gasteiger partial charge in [-0.05, 0) is 55.7 Å². The minimum atomic E-state index is -0.324. The molecule has 1 amide bonds. The first kappa shape index (κ1) is 21.5. The first-order chi connectivity index (χ1) is 16.0. The number of carbonyl (C=O) groups excluding carboxylic acids is 1. The van der Waals surface area contributed by atoms with Crippen molar-refractivity contribution in [1.29, 1.82) is 0 Å². The molecule has 1 aliphatic rings. The maximum atomic E-state index is 13.7. The maximum Gasteiger partial charge on any atom is 0.225 e. The lowest BCUT2D eigenvalue weighted by molar-refractivity contribution is -0.125. The van der Waals surface area contributed by atoms with Gasteiger partial charge < -0.3 is 10.2 Å². The summed E-state index contributed by atoms with van der Waals surface area (Å²) in [6.45, 7) is 3.70. The lowest BCUT2D eigenvalue weighted by Gasteiger charge is -2.31. The average Bonchev–Trinajstić information content (AvgIpc) is 3.39. The molecule has 0 bridgehead atoms. The third-order valence-electron chi connectivity index (χ3n) is 5.87. The van der Waals surface area contributed by atoms with Crippen LogP contribution in [0.4, 0.5) is 13.9 Å². The maximum absolute atomic E-state index is 13.7. The molecule has 1 saturated heterocycles. The molecule has 33 heavy (non-hydrogen) atoms. The molecule has 1 fully saturated rings. The van der Waals surface area contributed by atoms with Crippen LogP contribution in [0.5, 0.6) is 0 Å². The zero-order valence-corrected chi connectivity index (χ0v) is 18.9. The molecule has 0 saturated carbocycles. The number of nitrogens with zero attached hydrogens (tertiary/aromatic N) is 4. The Bertz CT molecular complexity index is 1300. The Morgan fingerprint density at radius 1 is 1.18 bits per heavy atom. The van der Waals surface area contributed by atoms with Crippen LogP contribution in [0.2, 0.25) is 0 Å². The molecule has 1 unspecified atom stereocenters. The molecule has 2 aromatic heterocycles. The van der Waals surface area contributed by atoms with Crippen LogP contribution in [0.3, 0.4) is 0 Å². The van der Waals surface area contributed by atoms with Gasteiger partial charge in [0.05, 0.1) is 22.0 Å². The van der Waals surface area contributed by atoms with Gasteiger partial charge in [0.1, 0.15) is 11.6 Å². The zero-order valence-electron chi connectivity index (χ0n) is 18.1. The van der Waals surface area contributed by atoms with Crippen molar-refractivity contribution in [2.45, 2.75) is 26.3 Å². The first-order valence-electron chi connectivity index (χ1n) is 10.9. The molecule has 1 aliphatic heterocycles. The molecule has 9 heteroatoms. The number of piperidine rings is 1. The van der Waals surface area contributed by atoms with E-state index in [-0.39, 0.29) is 23.5 Å². The van der Waals surface area contributed by atoms with E-state index in [1.165, 1.54) is 24.3 Å². The smallest absolute Gasteiger partial charge is 0.225 e. The van der Waals surface area contributed by atoms with E-state index in [2.05, 4.69) is 15.3 Å². The summed E-state index contributed by atoms with van der Waals surface area (Å²) in [7, 11) is 0. The largest absolute Gasteiger partial charge is 0.352 e. The van der Waals surface area contributed by atoms with Crippen LogP contribution in [0.25, 0.3) is 16.0 Å². The highest BCUT2D eigenvalue weighted by Gasteiger charge is 2.28. The highest BCUT2D eigenvalue weighted by atomic mass is 32.1. The number of carbonyl (C=O) groups is 1. The Balaban J connectivity index is 1.32. The molecule has 6 nitrogen and oxygen atoms in total.